The number of amides is 1. The van der Waals surface area contributed by atoms with Crippen LogP contribution in [0.25, 0.3) is 0 Å². The van der Waals surface area contributed by atoms with Crippen molar-refractivity contribution in [3.63, 3.8) is 0 Å². The van der Waals surface area contributed by atoms with Gasteiger partial charge in [0.15, 0.2) is 11.6 Å². The molecule has 100 valence electrons. The van der Waals surface area contributed by atoms with Gasteiger partial charge in [-0.15, -0.1) is 0 Å². The second-order valence-electron chi connectivity index (χ2n) is 4.71. The molecule has 0 spiro atoms. The molecule has 0 fully saturated rings. The number of nitrogens with one attached hydrogen (secondary N) is 1. The van der Waals surface area contributed by atoms with Gasteiger partial charge in [0.25, 0.3) is 0 Å². The normalized spacial score (nSPS) is 11.2. The number of alkyl carbamates (subject to hydrolysis) is 1. The second-order valence-corrected chi connectivity index (χ2v) is 5.57. The van der Waals surface area contributed by atoms with Crippen LogP contribution in [0.4, 0.5) is 13.6 Å². The smallest absolute Gasteiger partial charge is 0.407 e. The predicted octanol–water partition coefficient (Wildman–Crippen LogP) is 3.75. The van der Waals surface area contributed by atoms with E-state index in [1.807, 2.05) is 0 Å². The van der Waals surface area contributed by atoms with Gasteiger partial charge in [0.2, 0.25) is 0 Å². The Morgan fingerprint density at radius 2 is 1.89 bits per heavy atom. The Morgan fingerprint density at radius 1 is 1.33 bits per heavy atom. The minimum atomic E-state index is -0.959. The quantitative estimate of drug-likeness (QED) is 0.842. The van der Waals surface area contributed by atoms with Crippen molar-refractivity contribution < 1.29 is 18.3 Å². The lowest BCUT2D eigenvalue weighted by atomic mass is 10.2. The van der Waals surface area contributed by atoms with E-state index in [-0.39, 0.29) is 6.54 Å². The lowest BCUT2D eigenvalue weighted by molar-refractivity contribution is 0.0523. The SMILES string of the molecule is CC(C)(C)OC(=O)NCc1cc(F)c(F)cc1Br. The molecule has 0 aliphatic heterocycles. The maximum Gasteiger partial charge on any atom is 0.407 e. The largest absolute Gasteiger partial charge is 0.444 e. The summed E-state index contributed by atoms with van der Waals surface area (Å²) in [4.78, 5) is 11.4. The van der Waals surface area contributed by atoms with Crippen LogP contribution in [0.1, 0.15) is 26.3 Å². The van der Waals surface area contributed by atoms with Crippen molar-refractivity contribution in [2.45, 2.75) is 32.9 Å². The minimum Gasteiger partial charge on any atom is -0.444 e. The molecular formula is C12H14BrF2NO2. The highest BCUT2D eigenvalue weighted by Crippen LogP contribution is 2.20. The van der Waals surface area contributed by atoms with Gasteiger partial charge in [-0.1, -0.05) is 15.9 Å². The number of halogens is 3. The molecule has 3 nitrogen and oxygen atoms in total. The van der Waals surface area contributed by atoms with Gasteiger partial charge < -0.3 is 10.1 Å². The molecule has 0 saturated heterocycles. The van der Waals surface area contributed by atoms with Crippen LogP contribution >= 0.6 is 15.9 Å². The lowest BCUT2D eigenvalue weighted by Gasteiger charge is -2.19. The molecule has 1 rings (SSSR count). The molecule has 1 aromatic rings. The zero-order chi connectivity index (χ0) is 13.9. The van der Waals surface area contributed by atoms with Gasteiger partial charge in [-0.05, 0) is 38.5 Å². The Labute approximate surface area is 113 Å². The molecular weight excluding hydrogens is 308 g/mol. The van der Waals surface area contributed by atoms with Gasteiger partial charge in [-0.2, -0.15) is 0 Å². The van der Waals surface area contributed by atoms with E-state index in [9.17, 15) is 13.6 Å². The van der Waals surface area contributed by atoms with Crippen molar-refractivity contribution in [1.82, 2.24) is 5.32 Å². The fraction of sp³-hybridized carbons (Fsp3) is 0.417. The van der Waals surface area contributed by atoms with Crippen LogP contribution in [-0.2, 0) is 11.3 Å². The Hall–Kier alpha value is -1.17. The van der Waals surface area contributed by atoms with Crippen molar-refractivity contribution in [1.29, 1.82) is 0 Å². The van der Waals surface area contributed by atoms with E-state index < -0.39 is 23.3 Å². The van der Waals surface area contributed by atoms with Crippen molar-refractivity contribution in [3.8, 4) is 0 Å². The van der Waals surface area contributed by atoms with Crippen LogP contribution in [0.5, 0.6) is 0 Å². The summed E-state index contributed by atoms with van der Waals surface area (Å²) in [5, 5.41) is 2.46. The fourth-order valence-corrected chi connectivity index (χ4v) is 1.64. The van der Waals surface area contributed by atoms with E-state index in [0.29, 0.717) is 10.0 Å². The Bertz CT molecular complexity index is 458. The molecule has 1 N–H and O–H groups in total. The van der Waals surface area contributed by atoms with Gasteiger partial charge in [0.1, 0.15) is 5.60 Å². The zero-order valence-electron chi connectivity index (χ0n) is 10.3. The fourth-order valence-electron chi connectivity index (χ4n) is 1.18. The first-order chi connectivity index (χ1) is 8.19. The summed E-state index contributed by atoms with van der Waals surface area (Å²) < 4.78 is 31.3. The third-order valence-electron chi connectivity index (χ3n) is 1.91. The second kappa shape index (κ2) is 5.65. The maximum atomic E-state index is 13.0. The summed E-state index contributed by atoms with van der Waals surface area (Å²) in [5.41, 5.74) is -0.171. The molecule has 0 radical (unpaired) electrons. The van der Waals surface area contributed by atoms with E-state index in [2.05, 4.69) is 21.2 Å². The Balaban J connectivity index is 2.64. The lowest BCUT2D eigenvalue weighted by Crippen LogP contribution is -2.32. The highest BCUT2D eigenvalue weighted by molar-refractivity contribution is 9.10. The molecule has 0 atom stereocenters. The number of hydrogen-bond donors (Lipinski definition) is 1. The maximum absolute atomic E-state index is 13.0. The highest BCUT2D eigenvalue weighted by atomic mass is 79.9. The summed E-state index contributed by atoms with van der Waals surface area (Å²) in [6.07, 6.45) is -0.612. The van der Waals surface area contributed by atoms with E-state index in [0.717, 1.165) is 12.1 Å². The van der Waals surface area contributed by atoms with Gasteiger partial charge in [-0.25, -0.2) is 13.6 Å². The first-order valence-electron chi connectivity index (χ1n) is 5.29. The standard InChI is InChI=1S/C12H14BrF2NO2/c1-12(2,3)18-11(17)16-6-7-4-9(14)10(15)5-8(7)13/h4-5H,6H2,1-3H3,(H,16,17). The molecule has 0 aliphatic rings. The van der Waals surface area contributed by atoms with Crippen molar-refractivity contribution in [2.24, 2.45) is 0 Å². The number of carbonyl (C=O) groups excluding carboxylic acids is 1. The van der Waals surface area contributed by atoms with Gasteiger partial charge >= 0.3 is 6.09 Å². The predicted molar refractivity (Wildman–Crippen MR) is 67.1 cm³/mol. The average Bonchev–Trinajstić information content (AvgIpc) is 2.19. The Kier molecular flexibility index (Phi) is 4.67. The molecule has 6 heteroatoms. The number of benzene rings is 1. The van der Waals surface area contributed by atoms with E-state index >= 15 is 0 Å². The summed E-state index contributed by atoms with van der Waals surface area (Å²) in [6, 6.07) is 2.04. The van der Waals surface area contributed by atoms with Crippen molar-refractivity contribution >= 4 is 22.0 Å². The molecule has 0 saturated carbocycles. The molecule has 1 amide bonds. The van der Waals surface area contributed by atoms with Crippen LogP contribution in [0, 0.1) is 11.6 Å². The first-order valence-corrected chi connectivity index (χ1v) is 6.08. The summed E-state index contributed by atoms with van der Waals surface area (Å²) in [7, 11) is 0. The number of ether oxygens (including phenoxy) is 1. The average molecular weight is 322 g/mol. The molecule has 18 heavy (non-hydrogen) atoms. The summed E-state index contributed by atoms with van der Waals surface area (Å²) in [5.74, 6) is -1.90. The van der Waals surface area contributed by atoms with Gasteiger partial charge in [0.05, 0.1) is 0 Å². The third kappa shape index (κ3) is 4.60. The summed E-state index contributed by atoms with van der Waals surface area (Å²) in [6.45, 7) is 5.26. The van der Waals surface area contributed by atoms with E-state index in [4.69, 9.17) is 4.74 Å². The van der Waals surface area contributed by atoms with Gasteiger partial charge in [0, 0.05) is 11.0 Å². The van der Waals surface area contributed by atoms with Crippen LogP contribution < -0.4 is 5.32 Å². The summed E-state index contributed by atoms with van der Waals surface area (Å²) >= 11 is 3.09. The van der Waals surface area contributed by atoms with Crippen molar-refractivity contribution in [2.75, 3.05) is 0 Å². The highest BCUT2D eigenvalue weighted by Gasteiger charge is 2.16. The molecule has 0 heterocycles. The van der Waals surface area contributed by atoms with Crippen LogP contribution in [0.3, 0.4) is 0 Å². The minimum absolute atomic E-state index is 0.0483. The van der Waals surface area contributed by atoms with Crippen LogP contribution in [-0.4, -0.2) is 11.7 Å². The van der Waals surface area contributed by atoms with Crippen LogP contribution in [0.15, 0.2) is 16.6 Å². The van der Waals surface area contributed by atoms with Crippen molar-refractivity contribution in [3.05, 3.63) is 33.8 Å². The van der Waals surface area contributed by atoms with Gasteiger partial charge in [-0.3, -0.25) is 0 Å². The molecule has 0 aromatic heterocycles. The molecule has 0 unspecified atom stereocenters. The van der Waals surface area contributed by atoms with Crippen LogP contribution in [0.2, 0.25) is 0 Å². The topological polar surface area (TPSA) is 38.3 Å². The molecule has 0 bridgehead atoms. The third-order valence-corrected chi connectivity index (χ3v) is 2.65. The Morgan fingerprint density at radius 3 is 2.44 bits per heavy atom. The number of hydrogen-bond acceptors (Lipinski definition) is 2. The van der Waals surface area contributed by atoms with E-state index in [1.165, 1.54) is 0 Å². The molecule has 1 aromatic carbocycles. The number of carbonyl (C=O) groups is 1. The monoisotopic (exact) mass is 321 g/mol. The first kappa shape index (κ1) is 14.9. The zero-order valence-corrected chi connectivity index (χ0v) is 11.9. The number of rotatable bonds is 2. The van der Waals surface area contributed by atoms with E-state index in [1.54, 1.807) is 20.8 Å². The molecule has 0 aliphatic carbocycles.